The molecule has 0 heterocycles. The summed E-state index contributed by atoms with van der Waals surface area (Å²) in [5.74, 6) is -5.62. The van der Waals surface area contributed by atoms with E-state index in [0.29, 0.717) is 52.0 Å². The zero-order valence-corrected chi connectivity index (χ0v) is 37.4. The minimum absolute atomic E-state index is 0.399. The van der Waals surface area contributed by atoms with Crippen molar-refractivity contribution in [2.24, 2.45) is 0 Å². The monoisotopic (exact) mass is 1030 g/mol. The van der Waals surface area contributed by atoms with Crippen LogP contribution < -0.4 is 20.1 Å². The number of carbonyl (C=O) groups is 4. The first-order valence-corrected chi connectivity index (χ1v) is 21.0. The van der Waals surface area contributed by atoms with Crippen LogP contribution in [-0.2, 0) is 45.5 Å². The summed E-state index contributed by atoms with van der Waals surface area (Å²) in [4.78, 5) is 41.2. The molecule has 4 aromatic carbocycles. The van der Waals surface area contributed by atoms with Gasteiger partial charge in [0.25, 0.3) is 0 Å². The quantitative estimate of drug-likeness (QED) is 0.0619. The number of ether oxygens (including phenoxy) is 2. The van der Waals surface area contributed by atoms with Crippen LogP contribution in [0, 0.1) is 13.8 Å². The number of carboxylic acids is 4. The van der Waals surface area contributed by atoms with Gasteiger partial charge in [-0.25, -0.2) is 9.59 Å². The van der Waals surface area contributed by atoms with Crippen molar-refractivity contribution in [3.8, 4) is 22.6 Å². The van der Waals surface area contributed by atoms with Crippen LogP contribution in [-0.4, -0.2) is 67.7 Å². The molecule has 346 valence electrons. The number of hydrogen-bond donors (Lipinski definition) is 6. The number of benzene rings is 4. The van der Waals surface area contributed by atoms with Crippen molar-refractivity contribution in [1.82, 2.24) is 10.6 Å². The van der Waals surface area contributed by atoms with Crippen molar-refractivity contribution in [3.05, 3.63) is 115 Å². The van der Waals surface area contributed by atoms with Crippen LogP contribution in [0.2, 0.25) is 0 Å². The molecule has 2 aliphatic rings. The van der Waals surface area contributed by atoms with Crippen molar-refractivity contribution in [1.29, 1.82) is 0 Å². The van der Waals surface area contributed by atoms with Gasteiger partial charge in [-0.15, -0.1) is 0 Å². The molecule has 0 amide bonds. The zero-order chi connectivity index (χ0) is 47.6. The molecule has 2 fully saturated rings. The summed E-state index contributed by atoms with van der Waals surface area (Å²) in [6.45, 7) is 6.00. The van der Waals surface area contributed by atoms with Crippen LogP contribution in [0.15, 0.2) is 81.7 Å². The summed E-state index contributed by atoms with van der Waals surface area (Å²) in [6.07, 6.45) is -5.67. The van der Waals surface area contributed by atoms with Gasteiger partial charge in [-0.2, -0.15) is 26.3 Å². The highest BCUT2D eigenvalue weighted by molar-refractivity contribution is 9.11. The van der Waals surface area contributed by atoms with E-state index in [2.05, 4.69) is 92.7 Å². The summed E-state index contributed by atoms with van der Waals surface area (Å²) in [5, 5.41) is 39.9. The van der Waals surface area contributed by atoms with Gasteiger partial charge in [-0.05, 0) is 153 Å². The van der Waals surface area contributed by atoms with E-state index in [-0.39, 0.29) is 0 Å². The topological polar surface area (TPSA) is 192 Å². The Labute approximate surface area is 380 Å². The Morgan fingerprint density at radius 3 is 1.17 bits per heavy atom. The number of halogens is 8. The van der Waals surface area contributed by atoms with E-state index in [0.717, 1.165) is 77.8 Å². The van der Waals surface area contributed by atoms with Gasteiger partial charge in [0.2, 0.25) is 0 Å². The molecule has 0 atom stereocenters. The number of alkyl halides is 6. The van der Waals surface area contributed by atoms with Crippen LogP contribution >= 0.6 is 31.9 Å². The van der Waals surface area contributed by atoms with Gasteiger partial charge in [0.1, 0.15) is 35.8 Å². The molecule has 12 nitrogen and oxygen atoms in total. The van der Waals surface area contributed by atoms with Gasteiger partial charge >= 0.3 is 36.2 Å². The Morgan fingerprint density at radius 2 is 0.922 bits per heavy atom. The van der Waals surface area contributed by atoms with E-state index >= 15 is 0 Å². The molecule has 0 aromatic heterocycles. The minimum Gasteiger partial charge on any atom is -0.488 e. The van der Waals surface area contributed by atoms with Gasteiger partial charge in [0.05, 0.1) is 8.95 Å². The predicted octanol–water partition coefficient (Wildman–Crippen LogP) is 10.1. The van der Waals surface area contributed by atoms with Gasteiger partial charge in [0.15, 0.2) is 0 Å². The summed E-state index contributed by atoms with van der Waals surface area (Å²) in [5.41, 5.74) is 7.10. The third-order valence-corrected chi connectivity index (χ3v) is 12.2. The molecular formula is C44H44Br2F6N2O10. The standard InChI is InChI=1S/C40H42Br2N2O6.2C2HF3O2/c1-25-29(23-49-35-13-11-27(19-33(35)41)21-43-39(37(45)46)15-5-16-39)7-3-9-31(25)32-10-4-8-30(26(32)2)24-50-36-14-12-28(20-34(36)42)22-44-40(38(47)48)17-6-18-40;2*3-2(4,5)1(6)7/h3-4,7-14,19-20,43-44H,5-6,15-18,21-24H2,1-2H3,(H,45,46)(H,47,48);2*(H,6,7). The average Bonchev–Trinajstić information content (AvgIpc) is 3.17. The number of aliphatic carboxylic acids is 4. The third-order valence-electron chi connectivity index (χ3n) is 10.9. The van der Waals surface area contributed by atoms with Gasteiger partial charge in [0, 0.05) is 13.1 Å². The highest BCUT2D eigenvalue weighted by Crippen LogP contribution is 2.36. The molecule has 0 bridgehead atoms. The molecule has 64 heavy (non-hydrogen) atoms. The highest BCUT2D eigenvalue weighted by atomic mass is 79.9. The molecule has 6 rings (SSSR count). The summed E-state index contributed by atoms with van der Waals surface area (Å²) < 4.78 is 77.6. The fraction of sp³-hybridized carbons (Fsp3) is 0.364. The van der Waals surface area contributed by atoms with Crippen LogP contribution in [0.4, 0.5) is 26.3 Å². The first-order valence-electron chi connectivity index (χ1n) is 19.5. The maximum absolute atomic E-state index is 11.7. The second-order valence-electron chi connectivity index (χ2n) is 15.1. The lowest BCUT2D eigenvalue weighted by Gasteiger charge is -2.38. The second kappa shape index (κ2) is 21.7. The fourth-order valence-electron chi connectivity index (χ4n) is 6.65. The third kappa shape index (κ3) is 13.4. The van der Waals surface area contributed by atoms with Crippen LogP contribution in [0.1, 0.15) is 71.9 Å². The van der Waals surface area contributed by atoms with Crippen molar-refractivity contribution in [3.63, 3.8) is 0 Å². The Bertz CT molecular complexity index is 2170. The van der Waals surface area contributed by atoms with E-state index in [1.807, 2.05) is 36.4 Å². The average molecular weight is 1030 g/mol. The number of carboxylic acid groups (broad SMARTS) is 4. The lowest BCUT2D eigenvalue weighted by Crippen LogP contribution is -2.56. The number of nitrogens with one attached hydrogen (secondary N) is 2. The maximum Gasteiger partial charge on any atom is 0.490 e. The van der Waals surface area contributed by atoms with Crippen LogP contribution in [0.25, 0.3) is 11.1 Å². The van der Waals surface area contributed by atoms with E-state index in [1.54, 1.807) is 0 Å². The van der Waals surface area contributed by atoms with Crippen LogP contribution in [0.3, 0.4) is 0 Å². The molecule has 6 N–H and O–H groups in total. The zero-order valence-electron chi connectivity index (χ0n) is 34.3. The summed E-state index contributed by atoms with van der Waals surface area (Å²) in [6, 6.07) is 24.3. The SMILES string of the molecule is Cc1c(COc2ccc(CNC3(C(=O)O)CCC3)cc2Br)cccc1-c1cccc(COc2ccc(CNC3(C(=O)O)CCC3)cc2Br)c1C.O=C(O)C(F)(F)F.O=C(O)C(F)(F)F. The molecular weight excluding hydrogens is 990 g/mol. The van der Waals surface area contributed by atoms with Gasteiger partial charge in [-0.3, -0.25) is 20.2 Å². The van der Waals surface area contributed by atoms with E-state index in [9.17, 15) is 46.1 Å². The first-order chi connectivity index (χ1) is 29.9. The number of hydrogen-bond acceptors (Lipinski definition) is 8. The maximum atomic E-state index is 11.7. The normalized spacial score (nSPS) is 14.8. The molecule has 0 saturated heterocycles. The van der Waals surface area contributed by atoms with Crippen molar-refractivity contribution in [2.45, 2.75) is 102 Å². The molecule has 4 aromatic rings. The largest absolute Gasteiger partial charge is 0.490 e. The second-order valence-corrected chi connectivity index (χ2v) is 16.8. The lowest BCUT2D eigenvalue weighted by atomic mass is 9.76. The summed E-state index contributed by atoms with van der Waals surface area (Å²) in [7, 11) is 0. The van der Waals surface area contributed by atoms with Crippen molar-refractivity contribution < 1.29 is 75.4 Å². The molecule has 2 saturated carbocycles. The molecule has 2 aliphatic carbocycles. The molecule has 0 aliphatic heterocycles. The minimum atomic E-state index is -5.08. The number of rotatable bonds is 15. The molecule has 0 radical (unpaired) electrons. The first kappa shape index (κ1) is 51.5. The molecule has 0 spiro atoms. The van der Waals surface area contributed by atoms with E-state index in [1.165, 1.54) is 0 Å². The fourth-order valence-corrected chi connectivity index (χ4v) is 7.73. The van der Waals surface area contributed by atoms with Gasteiger partial charge < -0.3 is 29.9 Å². The Morgan fingerprint density at radius 1 is 0.594 bits per heavy atom. The summed E-state index contributed by atoms with van der Waals surface area (Å²) >= 11 is 7.29. The predicted molar refractivity (Wildman–Crippen MR) is 228 cm³/mol. The van der Waals surface area contributed by atoms with Crippen molar-refractivity contribution >= 4 is 55.7 Å². The van der Waals surface area contributed by atoms with Crippen LogP contribution in [0.5, 0.6) is 11.5 Å². The lowest BCUT2D eigenvalue weighted by molar-refractivity contribution is -0.193. The van der Waals surface area contributed by atoms with Crippen molar-refractivity contribution in [2.75, 3.05) is 0 Å². The highest BCUT2D eigenvalue weighted by Gasteiger charge is 2.45. The smallest absolute Gasteiger partial charge is 0.488 e. The Balaban J connectivity index is 0.000000555. The van der Waals surface area contributed by atoms with Gasteiger partial charge in [-0.1, -0.05) is 48.5 Å². The molecule has 20 heteroatoms. The van der Waals surface area contributed by atoms with E-state index < -0.39 is 47.3 Å². The molecule has 0 unspecified atom stereocenters. The Kier molecular flexibility index (Phi) is 17.4. The van der Waals surface area contributed by atoms with E-state index in [4.69, 9.17) is 29.3 Å². The Hall–Kier alpha value is -5.18.